The van der Waals surface area contributed by atoms with E-state index >= 15 is 0 Å². The minimum absolute atomic E-state index is 0.0805. The van der Waals surface area contributed by atoms with Gasteiger partial charge < -0.3 is 9.47 Å². The quantitative estimate of drug-likeness (QED) is 0.222. The molecule has 10 heteroatoms. The summed E-state index contributed by atoms with van der Waals surface area (Å²) in [6.07, 6.45) is 2.31. The van der Waals surface area contributed by atoms with E-state index < -0.39 is 4.92 Å². The molecule has 0 radical (unpaired) electrons. The van der Waals surface area contributed by atoms with Gasteiger partial charge in [0.2, 0.25) is 5.75 Å². The molecule has 0 saturated carbocycles. The molecule has 2 aromatic carbocycles. The number of aromatic nitrogens is 2. The van der Waals surface area contributed by atoms with Crippen molar-refractivity contribution in [3.63, 3.8) is 0 Å². The Hall–Kier alpha value is -3.27. The normalized spacial score (nSPS) is 12.3. The Morgan fingerprint density at radius 3 is 2.67 bits per heavy atom. The third-order valence-electron chi connectivity index (χ3n) is 4.96. The van der Waals surface area contributed by atoms with Crippen molar-refractivity contribution >= 4 is 38.7 Å². The van der Waals surface area contributed by atoms with Crippen LogP contribution in [-0.2, 0) is 6.42 Å². The second kappa shape index (κ2) is 10.6. The Bertz CT molecular complexity index is 1270. The van der Waals surface area contributed by atoms with Gasteiger partial charge in [-0.05, 0) is 44.5 Å². The Morgan fingerprint density at radius 2 is 2.03 bits per heavy atom. The predicted molar refractivity (Wildman–Crippen MR) is 131 cm³/mol. The molecule has 3 aromatic rings. The molecule has 0 aliphatic rings. The van der Waals surface area contributed by atoms with Crippen molar-refractivity contribution < 1.29 is 14.4 Å². The number of nitro groups is 1. The third kappa shape index (κ3) is 5.39. The summed E-state index contributed by atoms with van der Waals surface area (Å²) >= 11 is 3.37. The SMILES string of the molecule is CCOc1cc(C=Nn2c(CC)nc3ccc(Br)cc3c2=O)cc([N+](=O)[O-])c1O[C@H](C)CC. The van der Waals surface area contributed by atoms with E-state index in [-0.39, 0.29) is 28.8 Å². The number of benzene rings is 2. The zero-order valence-electron chi connectivity index (χ0n) is 18.9. The van der Waals surface area contributed by atoms with E-state index in [2.05, 4.69) is 26.0 Å². The smallest absolute Gasteiger partial charge is 0.315 e. The number of ether oxygens (including phenoxy) is 2. The molecule has 9 nitrogen and oxygen atoms in total. The molecule has 3 rings (SSSR count). The highest BCUT2D eigenvalue weighted by molar-refractivity contribution is 9.10. The van der Waals surface area contributed by atoms with Gasteiger partial charge in [-0.2, -0.15) is 9.78 Å². The molecule has 0 fully saturated rings. The van der Waals surface area contributed by atoms with Gasteiger partial charge in [0.05, 0.1) is 34.8 Å². The lowest BCUT2D eigenvalue weighted by atomic mass is 10.1. The summed E-state index contributed by atoms with van der Waals surface area (Å²) in [7, 11) is 0. The molecule has 0 N–H and O–H groups in total. The lowest BCUT2D eigenvalue weighted by molar-refractivity contribution is -0.386. The van der Waals surface area contributed by atoms with E-state index in [1.807, 2.05) is 26.8 Å². The maximum atomic E-state index is 13.1. The van der Waals surface area contributed by atoms with E-state index in [0.29, 0.717) is 41.7 Å². The van der Waals surface area contributed by atoms with E-state index in [0.717, 1.165) is 4.47 Å². The molecule has 0 amide bonds. The Morgan fingerprint density at radius 1 is 1.27 bits per heavy atom. The van der Waals surface area contributed by atoms with Crippen LogP contribution in [0.3, 0.4) is 0 Å². The van der Waals surface area contributed by atoms with Gasteiger partial charge in [0, 0.05) is 22.5 Å². The van der Waals surface area contributed by atoms with Crippen molar-refractivity contribution in [3.8, 4) is 11.5 Å². The van der Waals surface area contributed by atoms with Crippen molar-refractivity contribution in [3.05, 3.63) is 66.7 Å². The highest BCUT2D eigenvalue weighted by atomic mass is 79.9. The Balaban J connectivity index is 2.13. The summed E-state index contributed by atoms with van der Waals surface area (Å²) < 4.78 is 13.4. The lowest BCUT2D eigenvalue weighted by Crippen LogP contribution is -2.22. The molecule has 0 aliphatic heterocycles. The topological polar surface area (TPSA) is 109 Å². The highest BCUT2D eigenvalue weighted by Gasteiger charge is 2.24. The number of rotatable bonds is 9. The third-order valence-corrected chi connectivity index (χ3v) is 5.46. The largest absolute Gasteiger partial charge is 0.490 e. The molecule has 0 spiro atoms. The first-order chi connectivity index (χ1) is 15.8. The van der Waals surface area contributed by atoms with Gasteiger partial charge in [0.1, 0.15) is 5.82 Å². The number of hydrogen-bond acceptors (Lipinski definition) is 7. The van der Waals surface area contributed by atoms with E-state index in [1.165, 1.54) is 17.0 Å². The zero-order chi connectivity index (χ0) is 24.1. The van der Waals surface area contributed by atoms with Crippen LogP contribution < -0.4 is 15.0 Å². The monoisotopic (exact) mass is 516 g/mol. The van der Waals surface area contributed by atoms with E-state index in [9.17, 15) is 14.9 Å². The fourth-order valence-electron chi connectivity index (χ4n) is 3.15. The summed E-state index contributed by atoms with van der Waals surface area (Å²) in [5.41, 5.74) is 0.411. The van der Waals surface area contributed by atoms with Gasteiger partial charge in [-0.15, -0.1) is 0 Å². The Labute approximate surface area is 199 Å². The minimum atomic E-state index is -0.518. The van der Waals surface area contributed by atoms with E-state index in [4.69, 9.17) is 9.47 Å². The summed E-state index contributed by atoms with van der Waals surface area (Å²) in [5, 5.41) is 16.5. The van der Waals surface area contributed by atoms with Gasteiger partial charge >= 0.3 is 5.69 Å². The fourth-order valence-corrected chi connectivity index (χ4v) is 3.51. The standard InChI is InChI=1S/C23H25BrN4O5/c1-5-14(4)33-22-19(28(30)31)10-15(11-20(22)32-7-3)13-25-27-21(6-2)26-18-9-8-16(24)12-17(18)23(27)29/h8-14H,5-7H2,1-4H3/t14-/m1/s1. The summed E-state index contributed by atoms with van der Waals surface area (Å²) in [4.78, 5) is 28.8. The van der Waals surface area contributed by atoms with E-state index in [1.54, 1.807) is 25.1 Å². The van der Waals surface area contributed by atoms with Gasteiger partial charge in [-0.3, -0.25) is 14.9 Å². The highest BCUT2D eigenvalue weighted by Crippen LogP contribution is 2.39. The average molecular weight is 517 g/mol. The number of nitro benzene ring substituents is 1. The predicted octanol–water partition coefficient (Wildman–Crippen LogP) is 5.09. The second-order valence-corrected chi connectivity index (χ2v) is 8.21. The molecular weight excluding hydrogens is 492 g/mol. The molecule has 0 unspecified atom stereocenters. The van der Waals surface area contributed by atoms with Crippen LogP contribution in [0.2, 0.25) is 0 Å². The molecule has 0 aliphatic carbocycles. The van der Waals surface area contributed by atoms with Gasteiger partial charge in [0.25, 0.3) is 5.56 Å². The van der Waals surface area contributed by atoms with Crippen LogP contribution in [0.15, 0.2) is 44.7 Å². The van der Waals surface area contributed by atoms with Crippen LogP contribution in [0.5, 0.6) is 11.5 Å². The molecule has 0 saturated heterocycles. The molecular formula is C23H25BrN4O5. The van der Waals surface area contributed by atoms with Crippen molar-refractivity contribution in [1.82, 2.24) is 9.66 Å². The maximum Gasteiger partial charge on any atom is 0.315 e. The number of halogens is 1. The van der Waals surface area contributed by atoms with Gasteiger partial charge in [-0.1, -0.05) is 29.8 Å². The molecule has 174 valence electrons. The van der Waals surface area contributed by atoms with Crippen molar-refractivity contribution in [1.29, 1.82) is 0 Å². The molecule has 1 heterocycles. The number of fused-ring (bicyclic) bond motifs is 1. The number of nitrogens with zero attached hydrogens (tertiary/aromatic N) is 4. The van der Waals surface area contributed by atoms with Crippen molar-refractivity contribution in [2.75, 3.05) is 6.61 Å². The van der Waals surface area contributed by atoms with Crippen LogP contribution in [-0.4, -0.2) is 33.5 Å². The fraction of sp³-hybridized carbons (Fsp3) is 0.348. The summed E-state index contributed by atoms with van der Waals surface area (Å²) in [6, 6.07) is 8.24. The first kappa shape index (κ1) is 24.4. The summed E-state index contributed by atoms with van der Waals surface area (Å²) in [5.74, 6) is 0.802. The first-order valence-corrected chi connectivity index (χ1v) is 11.5. The number of hydrogen-bond donors (Lipinski definition) is 0. The molecule has 1 atom stereocenters. The second-order valence-electron chi connectivity index (χ2n) is 7.30. The van der Waals surface area contributed by atoms with Crippen LogP contribution in [0, 0.1) is 10.1 Å². The number of aryl methyl sites for hydroxylation is 1. The van der Waals surface area contributed by atoms with Gasteiger partial charge in [-0.25, -0.2) is 4.98 Å². The molecule has 33 heavy (non-hydrogen) atoms. The summed E-state index contributed by atoms with van der Waals surface area (Å²) in [6.45, 7) is 7.72. The van der Waals surface area contributed by atoms with Crippen LogP contribution in [0.1, 0.15) is 45.5 Å². The van der Waals surface area contributed by atoms with Crippen molar-refractivity contribution in [2.45, 2.75) is 46.6 Å². The lowest BCUT2D eigenvalue weighted by Gasteiger charge is -2.16. The van der Waals surface area contributed by atoms with Crippen LogP contribution >= 0.6 is 15.9 Å². The first-order valence-electron chi connectivity index (χ1n) is 10.7. The van der Waals surface area contributed by atoms with Crippen LogP contribution in [0.25, 0.3) is 10.9 Å². The molecule has 1 aromatic heterocycles. The van der Waals surface area contributed by atoms with Crippen LogP contribution in [0.4, 0.5) is 5.69 Å². The minimum Gasteiger partial charge on any atom is -0.490 e. The Kier molecular flexibility index (Phi) is 7.80. The van der Waals surface area contributed by atoms with Crippen molar-refractivity contribution in [2.24, 2.45) is 5.10 Å². The van der Waals surface area contributed by atoms with Gasteiger partial charge in [0.15, 0.2) is 5.75 Å². The maximum absolute atomic E-state index is 13.1. The average Bonchev–Trinajstić information content (AvgIpc) is 2.79. The zero-order valence-corrected chi connectivity index (χ0v) is 20.5. The molecule has 0 bridgehead atoms.